The van der Waals surface area contributed by atoms with Crippen molar-refractivity contribution in [2.45, 2.75) is 44.2 Å². The summed E-state index contributed by atoms with van der Waals surface area (Å²) in [6, 6.07) is 10.9. The van der Waals surface area contributed by atoms with Crippen molar-refractivity contribution in [2.24, 2.45) is 0 Å². The molecular formula is C22H26N2O5S. The number of piperidine rings is 1. The van der Waals surface area contributed by atoms with Crippen LogP contribution in [-0.2, 0) is 21.4 Å². The second-order valence-electron chi connectivity index (χ2n) is 7.85. The molecule has 0 N–H and O–H groups in total. The average Bonchev–Trinajstić information content (AvgIpc) is 2.73. The van der Waals surface area contributed by atoms with E-state index in [0.29, 0.717) is 31.7 Å². The number of fused-ring (bicyclic) bond motifs is 1. The Morgan fingerprint density at radius 3 is 2.40 bits per heavy atom. The maximum Gasteiger partial charge on any atom is 0.414 e. The molecule has 30 heavy (non-hydrogen) atoms. The fourth-order valence-electron chi connectivity index (χ4n) is 4.19. The van der Waals surface area contributed by atoms with Gasteiger partial charge < -0.3 is 9.47 Å². The average molecular weight is 431 g/mol. The Labute approximate surface area is 177 Å². The highest BCUT2D eigenvalue weighted by Gasteiger charge is 2.37. The summed E-state index contributed by atoms with van der Waals surface area (Å²) in [5, 5.41) is 0. The molecule has 1 saturated heterocycles. The van der Waals surface area contributed by atoms with E-state index in [9.17, 15) is 13.2 Å². The molecule has 160 valence electrons. The van der Waals surface area contributed by atoms with Crippen molar-refractivity contribution in [1.82, 2.24) is 4.31 Å². The van der Waals surface area contributed by atoms with Gasteiger partial charge in [0, 0.05) is 24.7 Å². The number of cyclic esters (lactones) is 1. The van der Waals surface area contributed by atoms with Crippen LogP contribution in [0, 0.1) is 13.8 Å². The topological polar surface area (TPSA) is 76.2 Å². The first-order valence-electron chi connectivity index (χ1n) is 10.0. The number of hydrogen-bond acceptors (Lipinski definition) is 5. The first kappa shape index (κ1) is 20.7. The van der Waals surface area contributed by atoms with Gasteiger partial charge in [0.1, 0.15) is 17.3 Å². The van der Waals surface area contributed by atoms with Crippen molar-refractivity contribution in [3.8, 4) is 5.75 Å². The molecule has 0 spiro atoms. The molecule has 0 radical (unpaired) electrons. The van der Waals surface area contributed by atoms with E-state index in [1.54, 1.807) is 23.1 Å². The molecule has 0 atom stereocenters. The van der Waals surface area contributed by atoms with Crippen molar-refractivity contribution in [1.29, 1.82) is 0 Å². The van der Waals surface area contributed by atoms with Gasteiger partial charge >= 0.3 is 6.09 Å². The van der Waals surface area contributed by atoms with Gasteiger partial charge in [-0.15, -0.1) is 0 Å². The number of rotatable bonds is 4. The molecule has 0 unspecified atom stereocenters. The van der Waals surface area contributed by atoms with Gasteiger partial charge in [-0.05, 0) is 50.5 Å². The number of ether oxygens (including phenoxy) is 2. The lowest BCUT2D eigenvalue weighted by Gasteiger charge is -2.40. The summed E-state index contributed by atoms with van der Waals surface area (Å²) in [5.41, 5.74) is 3.88. The molecule has 2 heterocycles. The molecular weight excluding hydrogens is 404 g/mol. The second-order valence-corrected chi connectivity index (χ2v) is 9.75. The Morgan fingerprint density at radius 1 is 1.03 bits per heavy atom. The lowest BCUT2D eigenvalue weighted by molar-refractivity contribution is 0.135. The van der Waals surface area contributed by atoms with Crippen LogP contribution in [-0.4, -0.2) is 45.1 Å². The summed E-state index contributed by atoms with van der Waals surface area (Å²) < 4.78 is 38.6. The van der Waals surface area contributed by atoms with Crippen molar-refractivity contribution in [3.63, 3.8) is 0 Å². The maximum atomic E-state index is 13.2. The van der Waals surface area contributed by atoms with Gasteiger partial charge in [0.05, 0.1) is 12.8 Å². The smallest absolute Gasteiger partial charge is 0.414 e. The van der Waals surface area contributed by atoms with Gasteiger partial charge in [-0.3, -0.25) is 4.90 Å². The molecule has 8 heteroatoms. The zero-order valence-corrected chi connectivity index (χ0v) is 18.2. The molecule has 2 aromatic carbocycles. The maximum absolute atomic E-state index is 13.2. The van der Waals surface area contributed by atoms with E-state index in [-0.39, 0.29) is 23.6 Å². The number of sulfonamides is 1. The zero-order chi connectivity index (χ0) is 21.5. The van der Waals surface area contributed by atoms with Gasteiger partial charge in [-0.2, -0.15) is 4.31 Å². The Balaban J connectivity index is 1.54. The Hall–Kier alpha value is -2.58. The van der Waals surface area contributed by atoms with Crippen LogP contribution in [0.15, 0.2) is 41.3 Å². The standard InChI is InChI=1S/C22H26N2O5S/c1-15-4-6-19-17(12-15)14-29-22(25)24(19)18-8-10-23(11-9-18)30(26,27)21-7-5-16(2)13-20(21)28-3/h4-7,12-13,18H,8-11,14H2,1-3H3. The number of hydrogen-bond donors (Lipinski definition) is 0. The summed E-state index contributed by atoms with van der Waals surface area (Å²) in [6.45, 7) is 4.82. The van der Waals surface area contributed by atoms with Crippen LogP contribution >= 0.6 is 0 Å². The molecule has 1 amide bonds. The third-order valence-electron chi connectivity index (χ3n) is 5.77. The van der Waals surface area contributed by atoms with Gasteiger partial charge in [-0.1, -0.05) is 23.8 Å². The van der Waals surface area contributed by atoms with E-state index < -0.39 is 10.0 Å². The second kappa shape index (κ2) is 7.92. The summed E-state index contributed by atoms with van der Waals surface area (Å²) in [7, 11) is -2.21. The van der Waals surface area contributed by atoms with Crippen LogP contribution in [0.4, 0.5) is 10.5 Å². The van der Waals surface area contributed by atoms with Gasteiger partial charge in [0.25, 0.3) is 0 Å². The molecule has 2 aliphatic heterocycles. The third kappa shape index (κ3) is 3.65. The number of aryl methyl sites for hydroxylation is 2. The summed E-state index contributed by atoms with van der Waals surface area (Å²) in [4.78, 5) is 14.4. The number of benzene rings is 2. The van der Waals surface area contributed by atoms with Crippen LogP contribution in [0.2, 0.25) is 0 Å². The molecule has 1 fully saturated rings. The predicted octanol–water partition coefficient (Wildman–Crippen LogP) is 3.62. The molecule has 0 saturated carbocycles. The van der Waals surface area contributed by atoms with Crippen molar-refractivity contribution in [3.05, 3.63) is 53.1 Å². The Kier molecular flexibility index (Phi) is 5.46. The molecule has 7 nitrogen and oxygen atoms in total. The van der Waals surface area contributed by atoms with Crippen molar-refractivity contribution in [2.75, 3.05) is 25.1 Å². The number of anilines is 1. The first-order chi connectivity index (χ1) is 14.3. The van der Waals surface area contributed by atoms with Gasteiger partial charge in [0.15, 0.2) is 0 Å². The van der Waals surface area contributed by atoms with Gasteiger partial charge in [-0.25, -0.2) is 13.2 Å². The summed E-state index contributed by atoms with van der Waals surface area (Å²) >= 11 is 0. The Bertz CT molecular complexity index is 1070. The lowest BCUT2D eigenvalue weighted by atomic mass is 10.0. The zero-order valence-electron chi connectivity index (χ0n) is 17.4. The predicted molar refractivity (Wildman–Crippen MR) is 113 cm³/mol. The van der Waals surface area contributed by atoms with E-state index in [1.165, 1.54) is 11.4 Å². The third-order valence-corrected chi connectivity index (χ3v) is 7.71. The number of methoxy groups -OCH3 is 1. The highest BCUT2D eigenvalue weighted by Crippen LogP contribution is 2.34. The van der Waals surface area contributed by atoms with E-state index in [4.69, 9.17) is 9.47 Å². The van der Waals surface area contributed by atoms with Crippen LogP contribution < -0.4 is 9.64 Å². The fraction of sp³-hybridized carbons (Fsp3) is 0.409. The highest BCUT2D eigenvalue weighted by atomic mass is 32.2. The van der Waals surface area contributed by atoms with Crippen LogP contribution in [0.5, 0.6) is 5.75 Å². The van der Waals surface area contributed by atoms with Crippen molar-refractivity contribution < 1.29 is 22.7 Å². The molecule has 0 aliphatic carbocycles. The molecule has 4 rings (SSSR count). The first-order valence-corrected chi connectivity index (χ1v) is 11.5. The minimum atomic E-state index is -3.68. The number of amides is 1. The molecule has 2 aromatic rings. The number of carbonyl (C=O) groups excluding carboxylic acids is 1. The van der Waals surface area contributed by atoms with Crippen LogP contribution in [0.25, 0.3) is 0 Å². The lowest BCUT2D eigenvalue weighted by Crippen LogP contribution is -2.50. The monoisotopic (exact) mass is 430 g/mol. The van der Waals surface area contributed by atoms with Crippen molar-refractivity contribution >= 4 is 21.8 Å². The van der Waals surface area contributed by atoms with Crippen LogP contribution in [0.3, 0.4) is 0 Å². The molecule has 0 aromatic heterocycles. The van der Waals surface area contributed by atoms with E-state index >= 15 is 0 Å². The SMILES string of the molecule is COc1cc(C)ccc1S(=O)(=O)N1CCC(N2C(=O)OCc3cc(C)ccc32)CC1. The minimum Gasteiger partial charge on any atom is -0.495 e. The number of nitrogens with zero attached hydrogens (tertiary/aromatic N) is 2. The number of carbonyl (C=O) groups is 1. The fourth-order valence-corrected chi connectivity index (χ4v) is 5.79. The van der Waals surface area contributed by atoms with Crippen LogP contribution in [0.1, 0.15) is 29.5 Å². The molecule has 0 bridgehead atoms. The van der Waals surface area contributed by atoms with Gasteiger partial charge in [0.2, 0.25) is 10.0 Å². The quantitative estimate of drug-likeness (QED) is 0.741. The largest absolute Gasteiger partial charge is 0.495 e. The summed E-state index contributed by atoms with van der Waals surface area (Å²) in [5.74, 6) is 0.348. The highest BCUT2D eigenvalue weighted by molar-refractivity contribution is 7.89. The van der Waals surface area contributed by atoms with E-state index in [1.807, 2.05) is 32.0 Å². The Morgan fingerprint density at radius 2 is 1.70 bits per heavy atom. The minimum absolute atomic E-state index is 0.106. The molecule has 2 aliphatic rings. The normalized spacial score (nSPS) is 18.1. The van der Waals surface area contributed by atoms with E-state index in [2.05, 4.69) is 0 Å². The summed E-state index contributed by atoms with van der Waals surface area (Å²) in [6.07, 6.45) is 0.707. The van der Waals surface area contributed by atoms with E-state index in [0.717, 1.165) is 22.4 Å².